The van der Waals surface area contributed by atoms with Crippen molar-refractivity contribution in [2.24, 2.45) is 5.10 Å². The largest absolute Gasteiger partial charge is 0.463 e. The fraction of sp³-hybridized carbons (Fsp3) is 0.111. The second kappa shape index (κ2) is 10.9. The molecule has 9 heteroatoms. The van der Waals surface area contributed by atoms with Crippen LogP contribution in [0.1, 0.15) is 18.5 Å². The predicted molar refractivity (Wildman–Crippen MR) is 142 cm³/mol. The number of aromatic nitrogens is 3. The van der Waals surface area contributed by atoms with Crippen molar-refractivity contribution in [2.75, 3.05) is 5.32 Å². The van der Waals surface area contributed by atoms with E-state index in [0.717, 1.165) is 28.0 Å². The summed E-state index contributed by atoms with van der Waals surface area (Å²) in [6, 6.07) is 27.8. The number of carbonyl (C=O) groups excluding carboxylic acids is 1. The summed E-state index contributed by atoms with van der Waals surface area (Å²) in [4.78, 5) is 12.6. The van der Waals surface area contributed by atoms with Gasteiger partial charge in [0.1, 0.15) is 5.76 Å². The van der Waals surface area contributed by atoms with Gasteiger partial charge in [0.05, 0.1) is 24.3 Å². The lowest BCUT2D eigenvalue weighted by Gasteiger charge is -2.14. The molecule has 0 bridgehead atoms. The number of thioether (sulfide) groups is 1. The number of hydrogen-bond acceptors (Lipinski definition) is 7. The van der Waals surface area contributed by atoms with Crippen molar-refractivity contribution in [3.8, 4) is 5.69 Å². The highest BCUT2D eigenvalue weighted by Crippen LogP contribution is 2.27. The number of benzene rings is 3. The third kappa shape index (κ3) is 5.31. The van der Waals surface area contributed by atoms with Crippen LogP contribution in [0, 0.1) is 0 Å². The highest BCUT2D eigenvalue weighted by Gasteiger charge is 2.21. The Labute approximate surface area is 212 Å². The topological polar surface area (TPSA) is 97.3 Å². The molecule has 2 heterocycles. The van der Waals surface area contributed by atoms with Gasteiger partial charge in [0.15, 0.2) is 11.0 Å². The number of anilines is 1. The maximum absolute atomic E-state index is 12.6. The van der Waals surface area contributed by atoms with E-state index in [1.807, 2.05) is 53.1 Å². The first kappa shape index (κ1) is 23.4. The Morgan fingerprint density at radius 1 is 1.03 bits per heavy atom. The zero-order valence-electron chi connectivity index (χ0n) is 19.5. The van der Waals surface area contributed by atoms with Crippen LogP contribution in [0.2, 0.25) is 0 Å². The SMILES string of the molecule is C[C@H](Sc1nnc(CNc2cccc3ccccc23)n1-c1ccccc1)C(=O)NN=Cc1ccco1. The number of nitrogens with zero attached hydrogens (tertiary/aromatic N) is 4. The van der Waals surface area contributed by atoms with Crippen molar-refractivity contribution < 1.29 is 9.21 Å². The minimum atomic E-state index is -0.454. The Morgan fingerprint density at radius 3 is 2.67 bits per heavy atom. The van der Waals surface area contributed by atoms with E-state index in [1.54, 1.807) is 25.3 Å². The third-order valence-electron chi connectivity index (χ3n) is 5.50. The Morgan fingerprint density at radius 2 is 1.83 bits per heavy atom. The van der Waals surface area contributed by atoms with Gasteiger partial charge < -0.3 is 9.73 Å². The van der Waals surface area contributed by atoms with Gasteiger partial charge in [-0.2, -0.15) is 5.10 Å². The zero-order chi connectivity index (χ0) is 24.7. The highest BCUT2D eigenvalue weighted by molar-refractivity contribution is 8.00. The van der Waals surface area contributed by atoms with Crippen molar-refractivity contribution >= 4 is 40.3 Å². The lowest BCUT2D eigenvalue weighted by atomic mass is 10.1. The van der Waals surface area contributed by atoms with Crippen LogP contribution in [0.5, 0.6) is 0 Å². The molecule has 0 fully saturated rings. The fourth-order valence-corrected chi connectivity index (χ4v) is 4.59. The minimum absolute atomic E-state index is 0.249. The first-order chi connectivity index (χ1) is 17.7. The number of hydrazone groups is 1. The molecule has 0 spiro atoms. The van der Waals surface area contributed by atoms with Gasteiger partial charge in [-0.25, -0.2) is 5.43 Å². The van der Waals surface area contributed by atoms with Crippen LogP contribution < -0.4 is 10.7 Å². The molecule has 2 N–H and O–H groups in total. The summed E-state index contributed by atoms with van der Waals surface area (Å²) in [6.45, 7) is 2.27. The van der Waals surface area contributed by atoms with Gasteiger partial charge in [0.25, 0.3) is 5.91 Å². The van der Waals surface area contributed by atoms with Crippen LogP contribution in [0.15, 0.2) is 106 Å². The third-order valence-corrected chi connectivity index (χ3v) is 6.55. The second-order valence-electron chi connectivity index (χ2n) is 7.96. The van der Waals surface area contributed by atoms with E-state index in [9.17, 15) is 4.79 Å². The van der Waals surface area contributed by atoms with Gasteiger partial charge in [-0.05, 0) is 42.6 Å². The summed E-state index contributed by atoms with van der Waals surface area (Å²) in [6.07, 6.45) is 3.00. The summed E-state index contributed by atoms with van der Waals surface area (Å²) in [5.74, 6) is 1.05. The van der Waals surface area contributed by atoms with Gasteiger partial charge in [0.2, 0.25) is 0 Å². The molecule has 0 aliphatic carbocycles. The quantitative estimate of drug-likeness (QED) is 0.164. The molecular formula is C27H24N6O2S. The second-order valence-corrected chi connectivity index (χ2v) is 9.27. The van der Waals surface area contributed by atoms with Crippen LogP contribution in [-0.2, 0) is 11.3 Å². The van der Waals surface area contributed by atoms with E-state index in [-0.39, 0.29) is 5.91 Å². The van der Waals surface area contributed by atoms with Gasteiger partial charge >= 0.3 is 0 Å². The minimum Gasteiger partial charge on any atom is -0.463 e. The molecule has 1 atom stereocenters. The van der Waals surface area contributed by atoms with Crippen molar-refractivity contribution in [3.63, 3.8) is 0 Å². The lowest BCUT2D eigenvalue weighted by Crippen LogP contribution is -2.27. The molecule has 5 rings (SSSR count). The van der Waals surface area contributed by atoms with E-state index in [1.165, 1.54) is 18.0 Å². The monoisotopic (exact) mass is 496 g/mol. The molecule has 3 aromatic carbocycles. The molecular weight excluding hydrogens is 472 g/mol. The number of rotatable bonds is 9. The first-order valence-corrected chi connectivity index (χ1v) is 12.3. The molecule has 1 amide bonds. The van der Waals surface area contributed by atoms with Crippen LogP contribution in [0.25, 0.3) is 16.5 Å². The zero-order valence-corrected chi connectivity index (χ0v) is 20.4. The van der Waals surface area contributed by atoms with E-state index in [4.69, 9.17) is 4.42 Å². The molecule has 8 nitrogen and oxygen atoms in total. The molecule has 0 aliphatic heterocycles. The van der Waals surface area contributed by atoms with Crippen molar-refractivity contribution in [1.82, 2.24) is 20.2 Å². The Bertz CT molecular complexity index is 1480. The molecule has 0 aliphatic rings. The average molecular weight is 497 g/mol. The Hall–Kier alpha value is -4.37. The summed E-state index contributed by atoms with van der Waals surface area (Å²) in [5.41, 5.74) is 4.49. The summed E-state index contributed by atoms with van der Waals surface area (Å²) >= 11 is 1.32. The van der Waals surface area contributed by atoms with Gasteiger partial charge in [-0.1, -0.05) is 66.4 Å². The lowest BCUT2D eigenvalue weighted by molar-refractivity contribution is -0.120. The van der Waals surface area contributed by atoms with Crippen LogP contribution in [0.4, 0.5) is 5.69 Å². The number of para-hydroxylation sites is 1. The number of amides is 1. The highest BCUT2D eigenvalue weighted by atomic mass is 32.2. The smallest absolute Gasteiger partial charge is 0.253 e. The normalized spacial score (nSPS) is 12.1. The summed E-state index contributed by atoms with van der Waals surface area (Å²) in [7, 11) is 0. The molecule has 5 aromatic rings. The number of hydrogen-bond donors (Lipinski definition) is 2. The van der Waals surface area contributed by atoms with Crippen LogP contribution in [-0.4, -0.2) is 32.1 Å². The van der Waals surface area contributed by atoms with E-state index >= 15 is 0 Å². The Balaban J connectivity index is 1.35. The molecule has 180 valence electrons. The Kier molecular flexibility index (Phi) is 7.09. The summed E-state index contributed by atoms with van der Waals surface area (Å²) in [5, 5.41) is 18.8. The van der Waals surface area contributed by atoms with E-state index in [2.05, 4.69) is 50.3 Å². The van der Waals surface area contributed by atoms with Gasteiger partial charge in [0, 0.05) is 16.8 Å². The molecule has 2 aromatic heterocycles. The average Bonchev–Trinajstić information content (AvgIpc) is 3.58. The van der Waals surface area contributed by atoms with Crippen molar-refractivity contribution in [1.29, 1.82) is 0 Å². The van der Waals surface area contributed by atoms with Crippen molar-refractivity contribution in [2.45, 2.75) is 23.9 Å². The van der Waals surface area contributed by atoms with Crippen molar-refractivity contribution in [3.05, 3.63) is 103 Å². The molecule has 0 unspecified atom stereocenters. The molecule has 0 saturated heterocycles. The number of furan rings is 1. The van der Waals surface area contributed by atoms with E-state index < -0.39 is 5.25 Å². The van der Waals surface area contributed by atoms with Gasteiger partial charge in [-0.3, -0.25) is 9.36 Å². The molecule has 0 saturated carbocycles. The van der Waals surface area contributed by atoms with Crippen LogP contribution in [0.3, 0.4) is 0 Å². The van der Waals surface area contributed by atoms with Crippen LogP contribution >= 0.6 is 11.8 Å². The van der Waals surface area contributed by atoms with Gasteiger partial charge in [-0.15, -0.1) is 10.2 Å². The number of carbonyl (C=O) groups is 1. The molecule has 0 radical (unpaired) electrons. The predicted octanol–water partition coefficient (Wildman–Crippen LogP) is 5.26. The number of nitrogens with one attached hydrogen (secondary N) is 2. The maximum atomic E-state index is 12.6. The fourth-order valence-electron chi connectivity index (χ4n) is 3.71. The summed E-state index contributed by atoms with van der Waals surface area (Å²) < 4.78 is 7.16. The number of fused-ring (bicyclic) bond motifs is 1. The first-order valence-electron chi connectivity index (χ1n) is 11.4. The van der Waals surface area contributed by atoms with E-state index in [0.29, 0.717) is 17.5 Å². The standard InChI is InChI=1S/C27H24N6O2S/c1-19(26(34)31-29-17-22-13-8-16-35-22)36-27-32-30-25(33(27)21-11-3-2-4-12-21)18-28-24-15-7-10-20-9-5-6-14-23(20)24/h2-17,19,28H,18H2,1H3,(H,31,34)/t19-/m0/s1. The maximum Gasteiger partial charge on any atom is 0.253 e. The molecule has 36 heavy (non-hydrogen) atoms.